The van der Waals surface area contributed by atoms with E-state index in [1.165, 1.54) is 23.7 Å². The number of rotatable bonds is 5. The number of hydrogen-bond acceptors (Lipinski definition) is 5. The Morgan fingerprint density at radius 1 is 1.40 bits per heavy atom. The molecule has 0 amide bonds. The number of nitrogens with two attached hydrogens (primary N) is 1. The zero-order valence-electron chi connectivity index (χ0n) is 11.4. The van der Waals surface area contributed by atoms with Crippen LogP contribution in [0.1, 0.15) is 18.3 Å². The zero-order chi connectivity index (χ0) is 14.8. The molecule has 0 saturated heterocycles. The van der Waals surface area contributed by atoms with Gasteiger partial charge in [0, 0.05) is 12.7 Å². The predicted octanol–water partition coefficient (Wildman–Crippen LogP) is 0.770. The Kier molecular flexibility index (Phi) is 4.05. The number of benzene rings is 1. The van der Waals surface area contributed by atoms with Gasteiger partial charge in [-0.2, -0.15) is 9.40 Å². The minimum Gasteiger partial charge on any atom is -0.398 e. The van der Waals surface area contributed by atoms with Gasteiger partial charge >= 0.3 is 0 Å². The Morgan fingerprint density at radius 3 is 2.70 bits per heavy atom. The van der Waals surface area contributed by atoms with Gasteiger partial charge in [0.25, 0.3) is 0 Å². The van der Waals surface area contributed by atoms with Gasteiger partial charge in [-0.25, -0.2) is 13.4 Å². The molecular formula is C12H17N5O2S. The second-order valence-electron chi connectivity index (χ2n) is 4.41. The van der Waals surface area contributed by atoms with Gasteiger partial charge in [-0.1, -0.05) is 13.0 Å². The smallest absolute Gasteiger partial charge is 0.243 e. The monoisotopic (exact) mass is 295 g/mol. The van der Waals surface area contributed by atoms with E-state index in [2.05, 4.69) is 15.2 Å². The quantitative estimate of drug-likeness (QED) is 0.793. The molecule has 2 aromatic rings. The normalized spacial score (nSPS) is 11.9. The van der Waals surface area contributed by atoms with Gasteiger partial charge in [0.1, 0.15) is 12.2 Å². The van der Waals surface area contributed by atoms with Crippen LogP contribution in [-0.2, 0) is 23.0 Å². The van der Waals surface area contributed by atoms with Gasteiger partial charge < -0.3 is 5.73 Å². The Morgan fingerprint density at radius 2 is 2.15 bits per heavy atom. The molecule has 0 aliphatic carbocycles. The second-order valence-corrected chi connectivity index (χ2v) is 6.45. The maximum Gasteiger partial charge on any atom is 0.243 e. The van der Waals surface area contributed by atoms with Crippen LogP contribution in [0.4, 0.5) is 5.69 Å². The highest BCUT2D eigenvalue weighted by atomic mass is 32.2. The van der Waals surface area contributed by atoms with Gasteiger partial charge in [0.2, 0.25) is 10.0 Å². The zero-order valence-corrected chi connectivity index (χ0v) is 12.2. The molecule has 0 fully saturated rings. The predicted molar refractivity (Wildman–Crippen MR) is 75.3 cm³/mol. The topological polar surface area (TPSA) is 105 Å². The number of nitrogens with zero attached hydrogens (tertiary/aromatic N) is 3. The van der Waals surface area contributed by atoms with E-state index in [-0.39, 0.29) is 11.4 Å². The largest absolute Gasteiger partial charge is 0.398 e. The number of aromatic amines is 1. The summed E-state index contributed by atoms with van der Waals surface area (Å²) in [5.41, 5.74) is 7.27. The van der Waals surface area contributed by atoms with E-state index in [9.17, 15) is 8.42 Å². The first-order chi connectivity index (χ1) is 9.45. The molecule has 108 valence electrons. The SMILES string of the molecule is CCc1ccc(S(=O)(=O)N(C)Cc2ncn[nH]2)cc1N. The fourth-order valence-corrected chi connectivity index (χ4v) is 3.01. The minimum atomic E-state index is -3.60. The van der Waals surface area contributed by atoms with Crippen molar-refractivity contribution in [2.24, 2.45) is 0 Å². The lowest BCUT2D eigenvalue weighted by Crippen LogP contribution is -2.27. The van der Waals surface area contributed by atoms with Crippen LogP contribution in [-0.4, -0.2) is 35.0 Å². The number of anilines is 1. The highest BCUT2D eigenvalue weighted by Gasteiger charge is 2.22. The maximum atomic E-state index is 12.4. The molecule has 2 rings (SSSR count). The summed E-state index contributed by atoms with van der Waals surface area (Å²) in [7, 11) is -2.11. The van der Waals surface area contributed by atoms with Crippen molar-refractivity contribution in [1.29, 1.82) is 0 Å². The van der Waals surface area contributed by atoms with E-state index in [1.54, 1.807) is 12.1 Å². The fraction of sp³-hybridized carbons (Fsp3) is 0.333. The lowest BCUT2D eigenvalue weighted by molar-refractivity contribution is 0.457. The number of hydrogen-bond donors (Lipinski definition) is 2. The molecule has 1 aromatic carbocycles. The first kappa shape index (κ1) is 14.5. The van der Waals surface area contributed by atoms with Crippen molar-refractivity contribution >= 4 is 15.7 Å². The van der Waals surface area contributed by atoms with E-state index < -0.39 is 10.0 Å². The van der Waals surface area contributed by atoms with Gasteiger partial charge in [-0.15, -0.1) is 0 Å². The lowest BCUT2D eigenvalue weighted by atomic mass is 10.1. The number of sulfonamides is 1. The van der Waals surface area contributed by atoms with E-state index in [0.29, 0.717) is 11.5 Å². The summed E-state index contributed by atoms with van der Waals surface area (Å²) in [6.07, 6.45) is 2.10. The average Bonchev–Trinajstić information content (AvgIpc) is 2.91. The third-order valence-electron chi connectivity index (χ3n) is 3.04. The van der Waals surface area contributed by atoms with Crippen LogP contribution in [0.25, 0.3) is 0 Å². The van der Waals surface area contributed by atoms with Crippen LogP contribution in [0.3, 0.4) is 0 Å². The van der Waals surface area contributed by atoms with E-state index in [0.717, 1.165) is 12.0 Å². The molecule has 0 unspecified atom stereocenters. The third kappa shape index (κ3) is 2.81. The molecule has 7 nitrogen and oxygen atoms in total. The van der Waals surface area contributed by atoms with Crippen LogP contribution in [0.5, 0.6) is 0 Å². The summed E-state index contributed by atoms with van der Waals surface area (Å²) in [6.45, 7) is 2.09. The summed E-state index contributed by atoms with van der Waals surface area (Å²) in [5.74, 6) is 0.481. The first-order valence-electron chi connectivity index (χ1n) is 6.14. The highest BCUT2D eigenvalue weighted by Crippen LogP contribution is 2.21. The molecule has 1 aromatic heterocycles. The maximum absolute atomic E-state index is 12.4. The molecule has 3 N–H and O–H groups in total. The molecule has 0 radical (unpaired) electrons. The molecular weight excluding hydrogens is 278 g/mol. The molecule has 0 spiro atoms. The van der Waals surface area contributed by atoms with Crippen LogP contribution >= 0.6 is 0 Å². The fourth-order valence-electron chi connectivity index (χ4n) is 1.84. The van der Waals surface area contributed by atoms with Crippen molar-refractivity contribution in [3.05, 3.63) is 35.9 Å². The number of aryl methyl sites for hydroxylation is 1. The van der Waals surface area contributed by atoms with Crippen LogP contribution in [0.15, 0.2) is 29.4 Å². The van der Waals surface area contributed by atoms with Crippen molar-refractivity contribution in [1.82, 2.24) is 19.5 Å². The summed E-state index contributed by atoms with van der Waals surface area (Å²) in [5, 5.41) is 6.32. The van der Waals surface area contributed by atoms with E-state index in [4.69, 9.17) is 5.73 Å². The van der Waals surface area contributed by atoms with Crippen molar-refractivity contribution in [2.75, 3.05) is 12.8 Å². The first-order valence-corrected chi connectivity index (χ1v) is 7.58. The molecule has 20 heavy (non-hydrogen) atoms. The summed E-state index contributed by atoms with van der Waals surface area (Å²) in [4.78, 5) is 4.09. The molecule has 0 bridgehead atoms. The van der Waals surface area contributed by atoms with Gasteiger partial charge in [0.05, 0.1) is 11.4 Å². The van der Waals surface area contributed by atoms with Crippen LogP contribution in [0, 0.1) is 0 Å². The molecule has 0 atom stereocenters. The summed E-state index contributed by atoms with van der Waals surface area (Å²) >= 11 is 0. The molecule has 0 aliphatic rings. The highest BCUT2D eigenvalue weighted by molar-refractivity contribution is 7.89. The standard InChI is InChI=1S/C12H17N5O2S/c1-3-9-4-5-10(6-11(9)13)20(18,19)17(2)7-12-14-8-15-16-12/h4-6,8H,3,7,13H2,1-2H3,(H,14,15,16). The van der Waals surface area contributed by atoms with Crippen LogP contribution in [0.2, 0.25) is 0 Å². The lowest BCUT2D eigenvalue weighted by Gasteiger charge is -2.16. The summed E-state index contributed by atoms with van der Waals surface area (Å²) in [6, 6.07) is 4.80. The van der Waals surface area contributed by atoms with Gasteiger partial charge in [0.15, 0.2) is 0 Å². The van der Waals surface area contributed by atoms with Crippen molar-refractivity contribution in [2.45, 2.75) is 24.8 Å². The van der Waals surface area contributed by atoms with Crippen molar-refractivity contribution in [3.8, 4) is 0 Å². The molecule has 0 aliphatic heterocycles. The molecule has 1 heterocycles. The number of nitrogens with one attached hydrogen (secondary N) is 1. The average molecular weight is 295 g/mol. The van der Waals surface area contributed by atoms with Crippen molar-refractivity contribution < 1.29 is 8.42 Å². The van der Waals surface area contributed by atoms with Gasteiger partial charge in [-0.05, 0) is 24.1 Å². The second kappa shape index (κ2) is 5.59. The Hall–Kier alpha value is -1.93. The van der Waals surface area contributed by atoms with Crippen molar-refractivity contribution in [3.63, 3.8) is 0 Å². The van der Waals surface area contributed by atoms with Gasteiger partial charge in [-0.3, -0.25) is 5.10 Å². The number of aromatic nitrogens is 3. The van der Waals surface area contributed by atoms with E-state index >= 15 is 0 Å². The van der Waals surface area contributed by atoms with E-state index in [1.807, 2.05) is 6.92 Å². The Balaban J connectivity index is 2.27. The molecule has 8 heteroatoms. The third-order valence-corrected chi connectivity index (χ3v) is 4.84. The minimum absolute atomic E-state index is 0.123. The summed E-state index contributed by atoms with van der Waals surface area (Å²) < 4.78 is 26.0. The number of nitrogen functional groups attached to an aromatic ring is 1. The van der Waals surface area contributed by atoms with Crippen LogP contribution < -0.4 is 5.73 Å². The number of H-pyrrole nitrogens is 1. The Bertz CT molecular complexity index is 682. The molecule has 0 saturated carbocycles. The Labute approximate surface area is 117 Å².